The minimum Gasteiger partial charge on any atom is -0.453 e. The van der Waals surface area contributed by atoms with E-state index >= 15 is 0 Å². The number of aromatic nitrogens is 1. The Kier molecular flexibility index (Phi) is 6.60. The first-order valence-electron chi connectivity index (χ1n) is 8.18. The number of hydrogen-bond acceptors (Lipinski definition) is 6. The first kappa shape index (κ1) is 19.3. The molecule has 140 valence electrons. The van der Waals surface area contributed by atoms with Gasteiger partial charge < -0.3 is 24.5 Å². The highest BCUT2D eigenvalue weighted by Gasteiger charge is 2.27. The van der Waals surface area contributed by atoms with E-state index in [-0.39, 0.29) is 18.9 Å². The Labute approximate surface area is 150 Å². The third-order valence-corrected chi connectivity index (χ3v) is 3.58. The number of hydrogen-bond donors (Lipinski definition) is 2. The number of nitrogens with one attached hydrogen (secondary N) is 2. The summed E-state index contributed by atoms with van der Waals surface area (Å²) in [4.78, 5) is 38.6. The fourth-order valence-corrected chi connectivity index (χ4v) is 2.33. The van der Waals surface area contributed by atoms with Gasteiger partial charge in [-0.15, -0.1) is 0 Å². The summed E-state index contributed by atoms with van der Waals surface area (Å²) in [6, 6.07) is 6.42. The molecule has 1 aromatic heterocycles. The van der Waals surface area contributed by atoms with Gasteiger partial charge in [-0.3, -0.25) is 0 Å². The Bertz CT molecular complexity index is 783. The standard InChI is InChI=1S/C18H22N2O6/c1-11(2)10-25-18(23)26-16(21)15(20-17(22)24-3)8-12-9-19-14-7-5-4-6-13(12)14/h4-7,9,11,15,19H,8,10H2,1-3H3,(H,20,22)/t15-/m0/s1. The monoisotopic (exact) mass is 362 g/mol. The average molecular weight is 362 g/mol. The first-order valence-corrected chi connectivity index (χ1v) is 8.18. The smallest absolute Gasteiger partial charge is 0.453 e. The summed E-state index contributed by atoms with van der Waals surface area (Å²) in [5.74, 6) is -0.817. The van der Waals surface area contributed by atoms with Crippen molar-refractivity contribution < 1.29 is 28.6 Å². The summed E-state index contributed by atoms with van der Waals surface area (Å²) in [7, 11) is 1.18. The van der Waals surface area contributed by atoms with E-state index in [1.165, 1.54) is 7.11 Å². The van der Waals surface area contributed by atoms with E-state index in [1.54, 1.807) is 6.20 Å². The van der Waals surface area contributed by atoms with E-state index < -0.39 is 24.3 Å². The van der Waals surface area contributed by atoms with Crippen molar-refractivity contribution in [3.8, 4) is 0 Å². The summed E-state index contributed by atoms with van der Waals surface area (Å²) < 4.78 is 14.1. The number of H-pyrrole nitrogens is 1. The summed E-state index contributed by atoms with van der Waals surface area (Å²) in [5.41, 5.74) is 1.68. The lowest BCUT2D eigenvalue weighted by Crippen LogP contribution is -2.44. The minimum absolute atomic E-state index is 0.105. The van der Waals surface area contributed by atoms with Crippen LogP contribution in [0.1, 0.15) is 19.4 Å². The van der Waals surface area contributed by atoms with Gasteiger partial charge in [0.05, 0.1) is 13.7 Å². The van der Waals surface area contributed by atoms with Gasteiger partial charge >= 0.3 is 18.2 Å². The molecule has 0 saturated heterocycles. The van der Waals surface area contributed by atoms with Gasteiger partial charge in [-0.2, -0.15) is 0 Å². The topological polar surface area (TPSA) is 107 Å². The number of carbonyl (C=O) groups excluding carboxylic acids is 3. The molecule has 0 aliphatic carbocycles. The van der Waals surface area contributed by atoms with Crippen molar-refractivity contribution in [2.75, 3.05) is 13.7 Å². The molecule has 26 heavy (non-hydrogen) atoms. The highest BCUT2D eigenvalue weighted by atomic mass is 16.7. The maximum absolute atomic E-state index is 12.3. The summed E-state index contributed by atoms with van der Waals surface area (Å²) in [5, 5.41) is 3.28. The fourth-order valence-electron chi connectivity index (χ4n) is 2.33. The molecule has 2 N–H and O–H groups in total. The normalized spacial score (nSPS) is 11.8. The first-order chi connectivity index (χ1) is 12.4. The molecule has 0 saturated carbocycles. The van der Waals surface area contributed by atoms with Gasteiger partial charge in [-0.25, -0.2) is 14.4 Å². The zero-order valence-corrected chi connectivity index (χ0v) is 14.9. The van der Waals surface area contributed by atoms with Crippen LogP contribution in [0.2, 0.25) is 0 Å². The Morgan fingerprint density at radius 3 is 2.62 bits per heavy atom. The summed E-state index contributed by atoms with van der Waals surface area (Å²) in [6.45, 7) is 3.84. The predicted molar refractivity (Wildman–Crippen MR) is 93.6 cm³/mol. The lowest BCUT2D eigenvalue weighted by molar-refractivity contribution is -0.142. The number of rotatable bonds is 6. The molecule has 8 nitrogen and oxygen atoms in total. The number of ether oxygens (including phenoxy) is 3. The van der Waals surface area contributed by atoms with Crippen molar-refractivity contribution in [1.29, 1.82) is 0 Å². The van der Waals surface area contributed by atoms with Gasteiger partial charge in [0.25, 0.3) is 0 Å². The minimum atomic E-state index is -1.10. The molecular formula is C18H22N2O6. The van der Waals surface area contributed by atoms with E-state index in [1.807, 2.05) is 38.1 Å². The Morgan fingerprint density at radius 1 is 1.19 bits per heavy atom. The van der Waals surface area contributed by atoms with Crippen LogP contribution in [0, 0.1) is 5.92 Å². The molecule has 8 heteroatoms. The van der Waals surface area contributed by atoms with Crippen molar-refractivity contribution in [2.24, 2.45) is 5.92 Å². The average Bonchev–Trinajstić information content (AvgIpc) is 3.02. The van der Waals surface area contributed by atoms with Crippen LogP contribution in [-0.2, 0) is 25.4 Å². The molecule has 1 amide bonds. The van der Waals surface area contributed by atoms with Crippen LogP contribution in [0.3, 0.4) is 0 Å². The Hall–Kier alpha value is -3.03. The van der Waals surface area contributed by atoms with E-state index in [2.05, 4.69) is 19.8 Å². The number of aromatic amines is 1. The molecular weight excluding hydrogens is 340 g/mol. The van der Waals surface area contributed by atoms with Gasteiger partial charge in [-0.05, 0) is 17.5 Å². The summed E-state index contributed by atoms with van der Waals surface area (Å²) >= 11 is 0. The SMILES string of the molecule is COC(=O)N[C@@H](Cc1c[nH]c2ccccc12)C(=O)OC(=O)OCC(C)C. The van der Waals surface area contributed by atoms with Gasteiger partial charge in [0.1, 0.15) is 6.04 Å². The van der Waals surface area contributed by atoms with E-state index in [0.717, 1.165) is 16.5 Å². The van der Waals surface area contributed by atoms with Crippen molar-refractivity contribution in [2.45, 2.75) is 26.3 Å². The van der Waals surface area contributed by atoms with Crippen LogP contribution in [0.25, 0.3) is 10.9 Å². The molecule has 1 heterocycles. The molecule has 0 aliphatic rings. The quantitative estimate of drug-likeness (QED) is 0.604. The van der Waals surface area contributed by atoms with Crippen molar-refractivity contribution in [1.82, 2.24) is 10.3 Å². The van der Waals surface area contributed by atoms with E-state index in [4.69, 9.17) is 4.74 Å². The van der Waals surface area contributed by atoms with Crippen molar-refractivity contribution in [3.05, 3.63) is 36.0 Å². The zero-order chi connectivity index (χ0) is 19.1. The van der Waals surface area contributed by atoms with Crippen LogP contribution in [0.5, 0.6) is 0 Å². The van der Waals surface area contributed by atoms with Gasteiger partial charge in [-0.1, -0.05) is 32.0 Å². The van der Waals surface area contributed by atoms with Crippen LogP contribution >= 0.6 is 0 Å². The van der Waals surface area contributed by atoms with Crippen LogP contribution in [-0.4, -0.2) is 43.0 Å². The zero-order valence-electron chi connectivity index (χ0n) is 14.9. The van der Waals surface area contributed by atoms with E-state index in [0.29, 0.717) is 0 Å². The molecule has 1 atom stereocenters. The highest BCUT2D eigenvalue weighted by Crippen LogP contribution is 2.19. The number of esters is 1. The third kappa shape index (κ3) is 5.23. The summed E-state index contributed by atoms with van der Waals surface area (Å²) in [6.07, 6.45) is -0.0437. The number of alkyl carbamates (subject to hydrolysis) is 1. The predicted octanol–water partition coefficient (Wildman–Crippen LogP) is 2.77. The van der Waals surface area contributed by atoms with Crippen LogP contribution in [0.15, 0.2) is 30.5 Å². The van der Waals surface area contributed by atoms with Crippen molar-refractivity contribution in [3.63, 3.8) is 0 Å². The van der Waals surface area contributed by atoms with Gasteiger partial charge in [0.15, 0.2) is 0 Å². The molecule has 0 radical (unpaired) electrons. The molecule has 0 bridgehead atoms. The number of fused-ring (bicyclic) bond motifs is 1. The number of amides is 1. The van der Waals surface area contributed by atoms with Crippen LogP contribution in [0.4, 0.5) is 9.59 Å². The second-order valence-electron chi connectivity index (χ2n) is 6.13. The molecule has 2 rings (SSSR count). The number of methoxy groups -OCH3 is 1. The highest BCUT2D eigenvalue weighted by molar-refractivity contribution is 5.89. The number of para-hydroxylation sites is 1. The molecule has 0 aliphatic heterocycles. The molecule has 2 aromatic rings. The number of benzene rings is 1. The van der Waals surface area contributed by atoms with Gasteiger partial charge in [0.2, 0.25) is 0 Å². The van der Waals surface area contributed by atoms with E-state index in [9.17, 15) is 14.4 Å². The maximum atomic E-state index is 12.3. The third-order valence-electron chi connectivity index (χ3n) is 3.58. The number of carbonyl (C=O) groups is 3. The van der Waals surface area contributed by atoms with Crippen molar-refractivity contribution >= 4 is 29.1 Å². The molecule has 0 fully saturated rings. The lowest BCUT2D eigenvalue weighted by atomic mass is 10.1. The van der Waals surface area contributed by atoms with Crippen LogP contribution < -0.4 is 5.32 Å². The Balaban J connectivity index is 2.11. The molecule has 0 unspecified atom stereocenters. The maximum Gasteiger partial charge on any atom is 0.516 e. The lowest BCUT2D eigenvalue weighted by Gasteiger charge is -2.16. The largest absolute Gasteiger partial charge is 0.516 e. The van der Waals surface area contributed by atoms with Gasteiger partial charge in [0, 0.05) is 23.5 Å². The molecule has 1 aromatic carbocycles. The second-order valence-corrected chi connectivity index (χ2v) is 6.13. The second kappa shape index (κ2) is 8.89. The Morgan fingerprint density at radius 2 is 1.92 bits per heavy atom. The fraction of sp³-hybridized carbons (Fsp3) is 0.389. The molecule has 0 spiro atoms.